The maximum Gasteiger partial charge on any atom is 0.291 e. The number of benzene rings is 1. The van der Waals surface area contributed by atoms with Gasteiger partial charge in [-0.05, 0) is 25.0 Å². The van der Waals surface area contributed by atoms with Gasteiger partial charge < -0.3 is 10.5 Å². The summed E-state index contributed by atoms with van der Waals surface area (Å²) >= 11 is 0. The van der Waals surface area contributed by atoms with E-state index < -0.39 is 20.6 Å². The van der Waals surface area contributed by atoms with Crippen LogP contribution in [0.2, 0.25) is 0 Å². The Hall–Kier alpha value is -1.71. The highest BCUT2D eigenvalue weighted by atomic mass is 32.2. The van der Waals surface area contributed by atoms with Gasteiger partial charge in [-0.3, -0.25) is 10.1 Å². The van der Waals surface area contributed by atoms with Crippen molar-refractivity contribution in [1.29, 1.82) is 0 Å². The third-order valence-corrected chi connectivity index (χ3v) is 4.58. The third-order valence-electron chi connectivity index (χ3n) is 3.01. The van der Waals surface area contributed by atoms with Gasteiger partial charge in [0.25, 0.3) is 5.69 Å². The summed E-state index contributed by atoms with van der Waals surface area (Å²) in [5.41, 5.74) is 5.07. The Balaban J connectivity index is 2.31. The second-order valence-corrected chi connectivity index (χ2v) is 6.17. The van der Waals surface area contributed by atoms with E-state index in [2.05, 4.69) is 4.72 Å². The van der Waals surface area contributed by atoms with Crippen LogP contribution in [0.3, 0.4) is 0 Å². The SMILES string of the molecule is Nc1ccc(S(=O)(=O)NC2CCOCC2)c([N+](=O)[O-])c1. The first kappa shape index (κ1) is 14.7. The zero-order valence-corrected chi connectivity index (χ0v) is 11.4. The summed E-state index contributed by atoms with van der Waals surface area (Å²) in [5.74, 6) is 0. The van der Waals surface area contributed by atoms with Crippen LogP contribution in [-0.4, -0.2) is 32.6 Å². The molecule has 1 aliphatic rings. The number of hydrogen-bond donors (Lipinski definition) is 2. The Morgan fingerprint density at radius 1 is 1.35 bits per heavy atom. The minimum absolute atomic E-state index is 0.140. The molecule has 0 unspecified atom stereocenters. The van der Waals surface area contributed by atoms with Crippen LogP contribution in [0.25, 0.3) is 0 Å². The summed E-state index contributed by atoms with van der Waals surface area (Å²) in [5, 5.41) is 11.0. The molecule has 110 valence electrons. The van der Waals surface area contributed by atoms with Gasteiger partial charge in [0.15, 0.2) is 4.90 Å². The maximum absolute atomic E-state index is 12.2. The zero-order chi connectivity index (χ0) is 14.8. The number of nitrogen functional groups attached to an aromatic ring is 1. The van der Waals surface area contributed by atoms with Gasteiger partial charge >= 0.3 is 0 Å². The van der Waals surface area contributed by atoms with Crippen LogP contribution in [-0.2, 0) is 14.8 Å². The highest BCUT2D eigenvalue weighted by molar-refractivity contribution is 7.89. The first-order valence-electron chi connectivity index (χ1n) is 6.04. The summed E-state index contributed by atoms with van der Waals surface area (Å²) in [6.07, 6.45) is 1.09. The molecule has 0 amide bonds. The molecule has 1 aliphatic heterocycles. The lowest BCUT2D eigenvalue weighted by molar-refractivity contribution is -0.387. The number of nitro benzene ring substituents is 1. The summed E-state index contributed by atoms with van der Waals surface area (Å²) in [7, 11) is -3.96. The maximum atomic E-state index is 12.2. The van der Waals surface area contributed by atoms with E-state index in [0.29, 0.717) is 26.1 Å². The Morgan fingerprint density at radius 3 is 2.60 bits per heavy atom. The van der Waals surface area contributed by atoms with Crippen molar-refractivity contribution >= 4 is 21.4 Å². The molecule has 1 fully saturated rings. The van der Waals surface area contributed by atoms with Crippen LogP contribution >= 0.6 is 0 Å². The molecular weight excluding hydrogens is 286 g/mol. The highest BCUT2D eigenvalue weighted by Crippen LogP contribution is 2.26. The Bertz CT molecular complexity index is 610. The number of nitrogens with zero attached hydrogens (tertiary/aromatic N) is 1. The van der Waals surface area contributed by atoms with E-state index in [4.69, 9.17) is 10.5 Å². The number of nitrogens with one attached hydrogen (secondary N) is 1. The predicted molar refractivity (Wildman–Crippen MR) is 71.7 cm³/mol. The van der Waals surface area contributed by atoms with E-state index in [9.17, 15) is 18.5 Å². The van der Waals surface area contributed by atoms with Gasteiger partial charge in [-0.25, -0.2) is 13.1 Å². The van der Waals surface area contributed by atoms with Gasteiger partial charge in [0.05, 0.1) is 4.92 Å². The quantitative estimate of drug-likeness (QED) is 0.477. The molecule has 20 heavy (non-hydrogen) atoms. The standard InChI is InChI=1S/C11H15N3O5S/c12-8-1-2-11(10(7-8)14(15)16)20(17,18)13-9-3-5-19-6-4-9/h1-2,7,9,13H,3-6,12H2. The Kier molecular flexibility index (Phi) is 4.21. The lowest BCUT2D eigenvalue weighted by Crippen LogP contribution is -2.39. The van der Waals surface area contributed by atoms with Crippen molar-refractivity contribution in [3.8, 4) is 0 Å². The molecule has 0 radical (unpaired) electrons. The normalized spacial score (nSPS) is 17.0. The second kappa shape index (κ2) is 5.73. The van der Waals surface area contributed by atoms with Crippen molar-refractivity contribution in [1.82, 2.24) is 4.72 Å². The average molecular weight is 301 g/mol. The fourth-order valence-electron chi connectivity index (χ4n) is 2.00. The number of nitrogens with two attached hydrogens (primary N) is 1. The lowest BCUT2D eigenvalue weighted by Gasteiger charge is -2.22. The number of rotatable bonds is 4. The van der Waals surface area contributed by atoms with E-state index in [0.717, 1.165) is 12.1 Å². The fraction of sp³-hybridized carbons (Fsp3) is 0.455. The number of nitro groups is 1. The number of ether oxygens (including phenoxy) is 1. The molecule has 9 heteroatoms. The van der Waals surface area contributed by atoms with Crippen LogP contribution < -0.4 is 10.5 Å². The Morgan fingerprint density at radius 2 is 2.00 bits per heavy atom. The smallest absolute Gasteiger partial charge is 0.291 e. The molecule has 0 bridgehead atoms. The van der Waals surface area contributed by atoms with Crippen molar-refractivity contribution in [3.63, 3.8) is 0 Å². The number of sulfonamides is 1. The monoisotopic (exact) mass is 301 g/mol. The topological polar surface area (TPSA) is 125 Å². The van der Waals surface area contributed by atoms with Crippen molar-refractivity contribution < 1.29 is 18.1 Å². The van der Waals surface area contributed by atoms with Gasteiger partial charge in [-0.15, -0.1) is 0 Å². The molecule has 0 atom stereocenters. The molecule has 1 aromatic rings. The van der Waals surface area contributed by atoms with Crippen molar-refractivity contribution in [2.24, 2.45) is 0 Å². The lowest BCUT2D eigenvalue weighted by atomic mass is 10.1. The number of hydrogen-bond acceptors (Lipinski definition) is 6. The molecule has 2 rings (SSSR count). The minimum Gasteiger partial charge on any atom is -0.399 e. The van der Waals surface area contributed by atoms with E-state index in [1.807, 2.05) is 0 Å². The summed E-state index contributed by atoms with van der Waals surface area (Å²) in [6, 6.07) is 3.24. The van der Waals surface area contributed by atoms with Gasteiger partial charge in [0.2, 0.25) is 10.0 Å². The van der Waals surface area contributed by atoms with Crippen LogP contribution in [0.5, 0.6) is 0 Å². The molecule has 8 nitrogen and oxygen atoms in total. The van der Waals surface area contributed by atoms with Crippen LogP contribution in [0.1, 0.15) is 12.8 Å². The van der Waals surface area contributed by atoms with E-state index in [1.54, 1.807) is 0 Å². The molecule has 1 heterocycles. The minimum atomic E-state index is -3.96. The first-order valence-corrected chi connectivity index (χ1v) is 7.52. The first-order chi connectivity index (χ1) is 9.40. The van der Waals surface area contributed by atoms with Crippen molar-refractivity contribution in [2.75, 3.05) is 18.9 Å². The molecule has 0 spiro atoms. The predicted octanol–water partition coefficient (Wildman–Crippen LogP) is 0.634. The average Bonchev–Trinajstić information content (AvgIpc) is 2.38. The highest BCUT2D eigenvalue weighted by Gasteiger charge is 2.28. The number of anilines is 1. The molecule has 0 saturated carbocycles. The van der Waals surface area contributed by atoms with Crippen LogP contribution in [0, 0.1) is 10.1 Å². The van der Waals surface area contributed by atoms with Crippen LogP contribution in [0.4, 0.5) is 11.4 Å². The molecule has 3 N–H and O–H groups in total. The molecule has 0 aromatic heterocycles. The van der Waals surface area contributed by atoms with Crippen LogP contribution in [0.15, 0.2) is 23.1 Å². The third kappa shape index (κ3) is 3.24. The molecular formula is C11H15N3O5S. The van der Waals surface area contributed by atoms with Gasteiger partial charge in [-0.2, -0.15) is 0 Å². The molecule has 1 aromatic carbocycles. The van der Waals surface area contributed by atoms with Crippen molar-refractivity contribution in [2.45, 2.75) is 23.8 Å². The van der Waals surface area contributed by atoms with Crippen molar-refractivity contribution in [3.05, 3.63) is 28.3 Å². The summed E-state index contributed by atoms with van der Waals surface area (Å²) < 4.78 is 32.1. The van der Waals surface area contributed by atoms with Gasteiger partial charge in [0, 0.05) is 31.0 Å². The van der Waals surface area contributed by atoms with Gasteiger partial charge in [-0.1, -0.05) is 0 Å². The van der Waals surface area contributed by atoms with E-state index >= 15 is 0 Å². The second-order valence-electron chi connectivity index (χ2n) is 4.49. The van der Waals surface area contributed by atoms with E-state index in [1.165, 1.54) is 6.07 Å². The molecule has 0 aliphatic carbocycles. The largest absolute Gasteiger partial charge is 0.399 e. The molecule has 1 saturated heterocycles. The fourth-order valence-corrected chi connectivity index (χ4v) is 3.46. The Labute approximate surface area is 116 Å². The summed E-state index contributed by atoms with van der Waals surface area (Å²) in [6.45, 7) is 0.939. The van der Waals surface area contributed by atoms with E-state index in [-0.39, 0.29) is 16.6 Å². The zero-order valence-electron chi connectivity index (χ0n) is 10.6. The summed E-state index contributed by atoms with van der Waals surface area (Å²) in [4.78, 5) is 9.82. The van der Waals surface area contributed by atoms with Gasteiger partial charge in [0.1, 0.15) is 0 Å².